The first-order chi connectivity index (χ1) is 23.2. The molecule has 3 aromatic carbocycles. The molecule has 53 heavy (non-hydrogen) atoms. The molecule has 0 saturated carbocycles. The summed E-state index contributed by atoms with van der Waals surface area (Å²) >= 11 is 1.85. The predicted octanol–water partition coefficient (Wildman–Crippen LogP) is 14.9. The molecule has 0 radical (unpaired) electrons. The largest absolute Gasteiger partial charge is 0.385 e. The first-order valence-electron chi connectivity index (χ1n) is 18.4. The summed E-state index contributed by atoms with van der Waals surface area (Å²) in [5, 5.41) is 9.06. The van der Waals surface area contributed by atoms with Crippen molar-refractivity contribution in [3.05, 3.63) is 123 Å². The van der Waals surface area contributed by atoms with Crippen LogP contribution in [0.5, 0.6) is 0 Å². The molecular weight excluding hydrogens is 665 g/mol. The third kappa shape index (κ3) is 15.8. The highest BCUT2D eigenvalue weighted by Gasteiger charge is 2.24. The summed E-state index contributed by atoms with van der Waals surface area (Å²) in [6.45, 7) is 23.2. The molecule has 0 amide bonds. The van der Waals surface area contributed by atoms with E-state index in [0.29, 0.717) is 17.8 Å². The molecule has 4 heterocycles. The normalized spacial score (nSPS) is 17.5. The van der Waals surface area contributed by atoms with Crippen molar-refractivity contribution in [2.45, 2.75) is 136 Å². The topological polar surface area (TPSA) is 33.3 Å². The summed E-state index contributed by atoms with van der Waals surface area (Å²) in [5.41, 5.74) is 8.73. The van der Waals surface area contributed by atoms with Crippen molar-refractivity contribution in [3.63, 3.8) is 0 Å². The maximum Gasteiger partial charge on any atom is 0.0719 e. The lowest BCUT2D eigenvalue weighted by Crippen LogP contribution is -2.30. The molecule has 2 N–H and O–H groups in total. The number of benzene rings is 3. The molecule has 0 saturated heterocycles. The molecule has 7 rings (SSSR count). The van der Waals surface area contributed by atoms with E-state index in [9.17, 15) is 0 Å². The number of fused-ring (bicyclic) bond motifs is 3. The molecule has 1 aromatic heterocycles. The molecule has 0 bridgehead atoms. The van der Waals surface area contributed by atoms with E-state index < -0.39 is 0 Å². The van der Waals surface area contributed by atoms with Crippen molar-refractivity contribution in [2.75, 3.05) is 25.0 Å². The van der Waals surface area contributed by atoms with E-state index in [0.717, 1.165) is 56.5 Å². The van der Waals surface area contributed by atoms with Gasteiger partial charge in [0.15, 0.2) is 0 Å². The first-order valence-corrected chi connectivity index (χ1v) is 19.3. The Morgan fingerprint density at radius 2 is 1.17 bits per heavy atom. The van der Waals surface area contributed by atoms with Gasteiger partial charge in [-0.05, 0) is 93.7 Å². The number of thiophene rings is 1. The van der Waals surface area contributed by atoms with Gasteiger partial charge in [-0.2, -0.15) is 0 Å². The van der Waals surface area contributed by atoms with E-state index in [1.54, 1.807) is 5.56 Å². The van der Waals surface area contributed by atoms with Crippen LogP contribution in [0.15, 0.2) is 90.3 Å². The molecule has 3 aliphatic heterocycles. The number of anilines is 1. The second-order valence-electron chi connectivity index (χ2n) is 15.1. The van der Waals surface area contributed by atoms with Gasteiger partial charge in [0.25, 0.3) is 0 Å². The van der Waals surface area contributed by atoms with E-state index in [1.165, 1.54) is 45.7 Å². The molecule has 0 spiro atoms. The van der Waals surface area contributed by atoms with Gasteiger partial charge >= 0.3 is 0 Å². The number of hydrogen-bond acceptors (Lipinski definition) is 4. The number of hydrogen-bond donors (Lipinski definition) is 2. The maximum atomic E-state index is 5.57. The lowest BCUT2D eigenvalue weighted by atomic mass is 9.83. The molecule has 3 nitrogen and oxygen atoms in total. The van der Waals surface area contributed by atoms with Crippen molar-refractivity contribution in [1.82, 2.24) is 5.32 Å². The third-order valence-electron chi connectivity index (χ3n) is 9.88. The van der Waals surface area contributed by atoms with Gasteiger partial charge in [-0.1, -0.05) is 165 Å². The van der Waals surface area contributed by atoms with Crippen molar-refractivity contribution in [2.24, 2.45) is 23.7 Å². The van der Waals surface area contributed by atoms with E-state index in [2.05, 4.69) is 156 Å². The average molecular weight is 747 g/mol. The van der Waals surface area contributed by atoms with Gasteiger partial charge in [-0.25, -0.2) is 0 Å². The van der Waals surface area contributed by atoms with Crippen molar-refractivity contribution < 1.29 is 4.74 Å². The van der Waals surface area contributed by atoms with Crippen LogP contribution >= 0.6 is 11.3 Å². The highest BCUT2D eigenvalue weighted by Crippen LogP contribution is 2.36. The SMILES string of the molecule is C.C.C.C.C.CC(C)C1CCNc2ccccc21.CC(C)C1CNCc2ccccc21.CC(C)C1COCc2ccccc21.CC(C)Cc1cccs1. The van der Waals surface area contributed by atoms with Crippen molar-refractivity contribution >= 4 is 17.0 Å². The number of ether oxygens (including phenoxy) is 1. The van der Waals surface area contributed by atoms with E-state index in [4.69, 9.17) is 4.74 Å². The van der Waals surface area contributed by atoms with Gasteiger partial charge in [0, 0.05) is 36.1 Å². The summed E-state index contributed by atoms with van der Waals surface area (Å²) in [6.07, 6.45) is 2.51. The lowest BCUT2D eigenvalue weighted by Gasteiger charge is -2.29. The Morgan fingerprint density at radius 3 is 1.74 bits per heavy atom. The average Bonchev–Trinajstić information content (AvgIpc) is 3.60. The minimum absolute atomic E-state index is 0. The van der Waals surface area contributed by atoms with E-state index in [1.807, 2.05) is 11.3 Å². The van der Waals surface area contributed by atoms with Crippen molar-refractivity contribution in [1.29, 1.82) is 0 Å². The van der Waals surface area contributed by atoms with Crippen LogP contribution in [-0.2, 0) is 24.3 Å². The molecule has 4 aromatic rings. The monoisotopic (exact) mass is 747 g/mol. The first kappa shape index (κ1) is 52.2. The summed E-state index contributed by atoms with van der Waals surface area (Å²) < 4.78 is 5.57. The number of para-hydroxylation sites is 1. The fraction of sp³-hybridized carbons (Fsp3) is 0.551. The third-order valence-corrected chi connectivity index (χ3v) is 10.8. The smallest absolute Gasteiger partial charge is 0.0719 e. The van der Waals surface area contributed by atoms with Crippen LogP contribution in [0, 0.1) is 23.7 Å². The van der Waals surface area contributed by atoms with Crippen LogP contribution in [0.1, 0.15) is 149 Å². The molecule has 0 aliphatic carbocycles. The Labute approximate surface area is 333 Å². The fourth-order valence-corrected chi connectivity index (χ4v) is 8.03. The van der Waals surface area contributed by atoms with Crippen LogP contribution < -0.4 is 10.6 Å². The standard InChI is InChI=1S/2C12H17N.C12H16O.C8H12S.5CH4/c1-9(2)12-8-13-7-10-5-3-4-6-11(10)12;1-9(2)10-7-8-13-12-6-4-3-5-11(10)12;1-9(2)12-8-13-7-10-5-3-4-6-11(10)12;1-7(2)6-8-4-3-5-9-8;;;;;/h3-6,9,12-13H,7-8H2,1-2H3;3-6,9-10,13H,7-8H2,1-2H3;3-6,9,12H,7-8H2,1-2H3;3-5,7H,6H2,1-2H3;5*1H4. The highest BCUT2D eigenvalue weighted by atomic mass is 32.1. The fourth-order valence-electron chi connectivity index (χ4n) is 7.11. The number of nitrogens with one attached hydrogen (secondary N) is 2. The Kier molecular flexibility index (Phi) is 26.4. The van der Waals surface area contributed by atoms with Crippen LogP contribution in [0.2, 0.25) is 0 Å². The second-order valence-corrected chi connectivity index (χ2v) is 16.1. The zero-order valence-electron chi connectivity index (χ0n) is 31.0. The molecular formula is C49H82N2OS. The predicted molar refractivity (Wildman–Crippen MR) is 243 cm³/mol. The van der Waals surface area contributed by atoms with E-state index >= 15 is 0 Å². The van der Waals surface area contributed by atoms with Crippen LogP contribution in [0.4, 0.5) is 5.69 Å². The van der Waals surface area contributed by atoms with Crippen LogP contribution in [0.3, 0.4) is 0 Å². The molecule has 0 fully saturated rings. The Morgan fingerprint density at radius 1 is 0.623 bits per heavy atom. The van der Waals surface area contributed by atoms with Crippen LogP contribution in [0.25, 0.3) is 0 Å². The lowest BCUT2D eigenvalue weighted by molar-refractivity contribution is 0.0792. The zero-order chi connectivity index (χ0) is 34.5. The molecule has 4 heteroatoms. The summed E-state index contributed by atoms with van der Waals surface area (Å²) in [5.74, 6) is 4.98. The minimum Gasteiger partial charge on any atom is -0.385 e. The highest BCUT2D eigenvalue weighted by molar-refractivity contribution is 7.09. The minimum atomic E-state index is 0. The summed E-state index contributed by atoms with van der Waals surface area (Å²) in [4.78, 5) is 1.50. The molecule has 3 atom stereocenters. The van der Waals surface area contributed by atoms with Gasteiger partial charge in [-0.15, -0.1) is 11.3 Å². The summed E-state index contributed by atoms with van der Waals surface area (Å²) in [6, 6.07) is 30.4. The second kappa shape index (κ2) is 26.8. The zero-order valence-corrected chi connectivity index (χ0v) is 31.8. The van der Waals surface area contributed by atoms with Gasteiger partial charge in [0.2, 0.25) is 0 Å². The number of rotatable bonds is 5. The molecule has 300 valence electrons. The van der Waals surface area contributed by atoms with Crippen LogP contribution in [-0.4, -0.2) is 19.7 Å². The summed E-state index contributed by atoms with van der Waals surface area (Å²) in [7, 11) is 0. The van der Waals surface area contributed by atoms with Crippen molar-refractivity contribution in [3.8, 4) is 0 Å². The van der Waals surface area contributed by atoms with Gasteiger partial charge in [0.05, 0.1) is 13.2 Å². The molecule has 3 aliphatic rings. The quantitative estimate of drug-likeness (QED) is 0.213. The molecule has 3 unspecified atom stereocenters. The van der Waals surface area contributed by atoms with Gasteiger partial charge < -0.3 is 15.4 Å². The van der Waals surface area contributed by atoms with Gasteiger partial charge in [-0.3, -0.25) is 0 Å². The maximum absolute atomic E-state index is 5.57. The van der Waals surface area contributed by atoms with Gasteiger partial charge in [0.1, 0.15) is 0 Å². The van der Waals surface area contributed by atoms with E-state index in [-0.39, 0.29) is 37.1 Å². The Hall–Kier alpha value is -2.92. The Bertz CT molecular complexity index is 1330. The Balaban J connectivity index is 0.